The molecule has 1 atom stereocenters. The summed E-state index contributed by atoms with van der Waals surface area (Å²) in [6.07, 6.45) is 1.26. The van der Waals surface area contributed by atoms with Crippen LogP contribution in [-0.2, 0) is 11.3 Å². The number of hydrogen-bond acceptors (Lipinski definition) is 3. The van der Waals surface area contributed by atoms with Crippen molar-refractivity contribution < 1.29 is 14.9 Å². The number of hydrogen-bond donors (Lipinski definition) is 2. The van der Waals surface area contributed by atoms with E-state index in [0.717, 1.165) is 18.4 Å². The lowest BCUT2D eigenvalue weighted by atomic mass is 10.0. The van der Waals surface area contributed by atoms with Gasteiger partial charge in [-0.15, -0.1) is 0 Å². The van der Waals surface area contributed by atoms with Gasteiger partial charge in [0.25, 0.3) is 0 Å². The molecule has 1 aliphatic rings. The van der Waals surface area contributed by atoms with Crippen LogP contribution in [0.2, 0.25) is 0 Å². The first-order valence-electron chi connectivity index (χ1n) is 5.67. The zero-order valence-corrected chi connectivity index (χ0v) is 9.30. The molecule has 0 bridgehead atoms. The van der Waals surface area contributed by atoms with Crippen molar-refractivity contribution in [2.75, 3.05) is 13.2 Å². The van der Waals surface area contributed by atoms with Crippen LogP contribution in [0.3, 0.4) is 0 Å². The molecule has 16 heavy (non-hydrogen) atoms. The molecule has 2 N–H and O–H groups in total. The van der Waals surface area contributed by atoms with Crippen LogP contribution in [0.4, 0.5) is 0 Å². The van der Waals surface area contributed by atoms with Crippen LogP contribution in [0, 0.1) is 5.41 Å². The van der Waals surface area contributed by atoms with Gasteiger partial charge in [-0.3, -0.25) is 0 Å². The summed E-state index contributed by atoms with van der Waals surface area (Å²) in [5, 5.41) is 19.0. The van der Waals surface area contributed by atoms with Crippen molar-refractivity contribution >= 4 is 0 Å². The molecule has 3 nitrogen and oxygen atoms in total. The van der Waals surface area contributed by atoms with Gasteiger partial charge in [-0.1, -0.05) is 30.3 Å². The smallest absolute Gasteiger partial charge is 0.0851 e. The fourth-order valence-corrected chi connectivity index (χ4v) is 1.80. The molecule has 0 radical (unpaired) electrons. The van der Waals surface area contributed by atoms with Crippen molar-refractivity contribution in [2.24, 2.45) is 5.41 Å². The van der Waals surface area contributed by atoms with Crippen molar-refractivity contribution in [3.05, 3.63) is 35.9 Å². The molecule has 88 valence electrons. The zero-order valence-electron chi connectivity index (χ0n) is 9.30. The number of aliphatic hydroxyl groups excluding tert-OH is 2. The maximum absolute atomic E-state index is 9.83. The average molecular weight is 222 g/mol. The van der Waals surface area contributed by atoms with Gasteiger partial charge in [0, 0.05) is 5.41 Å². The topological polar surface area (TPSA) is 49.7 Å². The summed E-state index contributed by atoms with van der Waals surface area (Å²) in [7, 11) is 0. The first-order valence-corrected chi connectivity index (χ1v) is 5.67. The van der Waals surface area contributed by atoms with E-state index in [4.69, 9.17) is 9.84 Å². The number of ether oxygens (including phenoxy) is 1. The standard InChI is InChI=1S/C13H18O3/c14-10-13(6-7-13)12(15)9-16-8-11-4-2-1-3-5-11/h1-5,12,14-15H,6-10H2. The second kappa shape index (κ2) is 4.95. The second-order valence-corrected chi connectivity index (χ2v) is 4.54. The lowest BCUT2D eigenvalue weighted by Gasteiger charge is -2.19. The van der Waals surface area contributed by atoms with Crippen LogP contribution in [0.5, 0.6) is 0 Å². The van der Waals surface area contributed by atoms with Crippen molar-refractivity contribution in [1.82, 2.24) is 0 Å². The summed E-state index contributed by atoms with van der Waals surface area (Å²) in [6.45, 7) is 0.873. The van der Waals surface area contributed by atoms with Crippen LogP contribution in [0.15, 0.2) is 30.3 Å². The molecule has 0 spiro atoms. The third-order valence-electron chi connectivity index (χ3n) is 3.30. The van der Waals surface area contributed by atoms with Crippen LogP contribution >= 0.6 is 0 Å². The minimum atomic E-state index is -0.541. The van der Waals surface area contributed by atoms with Gasteiger partial charge >= 0.3 is 0 Å². The Kier molecular flexibility index (Phi) is 3.59. The van der Waals surface area contributed by atoms with Crippen LogP contribution in [0.1, 0.15) is 18.4 Å². The van der Waals surface area contributed by atoms with E-state index in [0.29, 0.717) is 13.2 Å². The average Bonchev–Trinajstić information content (AvgIpc) is 3.11. The Morgan fingerprint density at radius 1 is 1.25 bits per heavy atom. The van der Waals surface area contributed by atoms with E-state index in [-0.39, 0.29) is 12.0 Å². The number of rotatable bonds is 6. The highest BCUT2D eigenvalue weighted by atomic mass is 16.5. The molecule has 1 aromatic rings. The Morgan fingerprint density at radius 3 is 2.50 bits per heavy atom. The molecule has 1 aliphatic carbocycles. The molecule has 0 heterocycles. The fourth-order valence-electron chi connectivity index (χ4n) is 1.80. The van der Waals surface area contributed by atoms with Gasteiger partial charge in [0.1, 0.15) is 0 Å². The van der Waals surface area contributed by atoms with Crippen LogP contribution in [-0.4, -0.2) is 29.5 Å². The van der Waals surface area contributed by atoms with E-state index in [1.54, 1.807) is 0 Å². The predicted octanol–water partition coefficient (Wildman–Crippen LogP) is 1.34. The normalized spacial score (nSPS) is 19.4. The Balaban J connectivity index is 1.72. The first-order chi connectivity index (χ1) is 7.77. The fraction of sp³-hybridized carbons (Fsp3) is 0.538. The van der Waals surface area contributed by atoms with E-state index in [1.807, 2.05) is 30.3 Å². The lowest BCUT2D eigenvalue weighted by Crippen LogP contribution is -2.30. The van der Waals surface area contributed by atoms with Crippen molar-refractivity contribution in [3.8, 4) is 0 Å². The molecule has 0 saturated heterocycles. The molecule has 1 aromatic carbocycles. The molecule has 0 aliphatic heterocycles. The molecule has 1 saturated carbocycles. The van der Waals surface area contributed by atoms with E-state index in [9.17, 15) is 5.11 Å². The molecule has 2 rings (SSSR count). The first kappa shape index (κ1) is 11.6. The van der Waals surface area contributed by atoms with Crippen molar-refractivity contribution in [2.45, 2.75) is 25.6 Å². The Bertz CT molecular complexity index is 319. The van der Waals surface area contributed by atoms with E-state index >= 15 is 0 Å². The van der Waals surface area contributed by atoms with Gasteiger partial charge in [0.15, 0.2) is 0 Å². The predicted molar refractivity (Wildman–Crippen MR) is 60.9 cm³/mol. The second-order valence-electron chi connectivity index (χ2n) is 4.54. The lowest BCUT2D eigenvalue weighted by molar-refractivity contribution is -0.0263. The minimum absolute atomic E-state index is 0.0584. The Hall–Kier alpha value is -0.900. The highest BCUT2D eigenvalue weighted by Gasteiger charge is 2.48. The van der Waals surface area contributed by atoms with Gasteiger partial charge in [-0.2, -0.15) is 0 Å². The minimum Gasteiger partial charge on any atom is -0.396 e. The Labute approximate surface area is 95.7 Å². The highest BCUT2D eigenvalue weighted by molar-refractivity contribution is 5.13. The summed E-state index contributed by atoms with van der Waals surface area (Å²) in [5.74, 6) is 0. The highest BCUT2D eigenvalue weighted by Crippen LogP contribution is 2.48. The Morgan fingerprint density at radius 2 is 1.94 bits per heavy atom. The van der Waals surface area contributed by atoms with Crippen molar-refractivity contribution in [3.63, 3.8) is 0 Å². The van der Waals surface area contributed by atoms with Crippen LogP contribution < -0.4 is 0 Å². The van der Waals surface area contributed by atoms with Gasteiger partial charge in [0.2, 0.25) is 0 Å². The van der Waals surface area contributed by atoms with E-state index in [2.05, 4.69) is 0 Å². The van der Waals surface area contributed by atoms with E-state index in [1.165, 1.54) is 0 Å². The molecule has 0 aromatic heterocycles. The molecule has 0 amide bonds. The molecular weight excluding hydrogens is 204 g/mol. The quantitative estimate of drug-likeness (QED) is 0.763. The molecule has 1 fully saturated rings. The third-order valence-corrected chi connectivity index (χ3v) is 3.30. The largest absolute Gasteiger partial charge is 0.396 e. The summed E-state index contributed by atoms with van der Waals surface area (Å²) in [6, 6.07) is 9.87. The maximum Gasteiger partial charge on any atom is 0.0851 e. The van der Waals surface area contributed by atoms with Gasteiger partial charge in [-0.25, -0.2) is 0 Å². The monoisotopic (exact) mass is 222 g/mol. The van der Waals surface area contributed by atoms with Gasteiger partial charge in [-0.05, 0) is 18.4 Å². The third kappa shape index (κ3) is 2.61. The number of aliphatic hydroxyl groups is 2. The molecular formula is C13H18O3. The van der Waals surface area contributed by atoms with Gasteiger partial charge < -0.3 is 14.9 Å². The molecule has 3 heteroatoms. The summed E-state index contributed by atoms with van der Waals surface area (Å²) in [4.78, 5) is 0. The van der Waals surface area contributed by atoms with Crippen LogP contribution in [0.25, 0.3) is 0 Å². The summed E-state index contributed by atoms with van der Waals surface area (Å²) >= 11 is 0. The SMILES string of the molecule is OCC1(C(O)COCc2ccccc2)CC1. The molecule has 1 unspecified atom stereocenters. The number of benzene rings is 1. The maximum atomic E-state index is 9.83. The zero-order chi connectivity index (χ0) is 11.4. The van der Waals surface area contributed by atoms with Gasteiger partial charge in [0.05, 0.1) is 25.9 Å². The summed E-state index contributed by atoms with van der Waals surface area (Å²) < 4.78 is 5.45. The summed E-state index contributed by atoms with van der Waals surface area (Å²) in [5.41, 5.74) is 0.833. The van der Waals surface area contributed by atoms with E-state index < -0.39 is 6.10 Å². The van der Waals surface area contributed by atoms with Crippen molar-refractivity contribution in [1.29, 1.82) is 0 Å².